The summed E-state index contributed by atoms with van der Waals surface area (Å²) in [5, 5.41) is 13.5. The highest BCUT2D eigenvalue weighted by Gasteiger charge is 2.28. The van der Waals surface area contributed by atoms with Crippen molar-refractivity contribution in [1.29, 1.82) is 0 Å². The standard InChI is InChI=1S/C23H35NO7/c1-8-29-19(26)11-12-24-14-16(25)15-9-10-17(30-20(27)22(2,3)4)18(13-15)31-21(28)23(5,6)7/h9-10,13,16,24-25H,8,11-12,14H2,1-7H3. The Morgan fingerprint density at radius 3 is 2.03 bits per heavy atom. The van der Waals surface area contributed by atoms with Gasteiger partial charge >= 0.3 is 17.9 Å². The molecule has 0 heterocycles. The predicted octanol–water partition coefficient (Wildman–Crippen LogP) is 3.17. The van der Waals surface area contributed by atoms with Crippen molar-refractivity contribution in [3.05, 3.63) is 23.8 Å². The topological polar surface area (TPSA) is 111 Å². The second kappa shape index (κ2) is 11.2. The largest absolute Gasteiger partial charge is 0.466 e. The lowest BCUT2D eigenvalue weighted by Crippen LogP contribution is -2.28. The first kappa shape index (κ1) is 26.6. The summed E-state index contributed by atoms with van der Waals surface area (Å²) in [6, 6.07) is 4.57. The third-order valence-electron chi connectivity index (χ3n) is 4.13. The van der Waals surface area contributed by atoms with Crippen molar-refractivity contribution < 1.29 is 33.7 Å². The predicted molar refractivity (Wildman–Crippen MR) is 116 cm³/mol. The fraction of sp³-hybridized carbons (Fsp3) is 0.609. The van der Waals surface area contributed by atoms with E-state index >= 15 is 0 Å². The van der Waals surface area contributed by atoms with Crippen LogP contribution in [0.25, 0.3) is 0 Å². The maximum Gasteiger partial charge on any atom is 0.316 e. The van der Waals surface area contributed by atoms with E-state index in [0.29, 0.717) is 18.7 Å². The first-order valence-electron chi connectivity index (χ1n) is 10.4. The van der Waals surface area contributed by atoms with E-state index < -0.39 is 28.9 Å². The molecule has 0 spiro atoms. The van der Waals surface area contributed by atoms with Crippen molar-refractivity contribution in [2.24, 2.45) is 10.8 Å². The van der Waals surface area contributed by atoms with E-state index in [1.165, 1.54) is 12.1 Å². The van der Waals surface area contributed by atoms with Gasteiger partial charge in [-0.25, -0.2) is 0 Å². The molecule has 1 rings (SSSR count). The second-order valence-electron chi connectivity index (χ2n) is 9.26. The molecule has 0 aliphatic rings. The van der Waals surface area contributed by atoms with E-state index in [1.807, 2.05) is 0 Å². The smallest absolute Gasteiger partial charge is 0.316 e. The molecule has 8 nitrogen and oxygen atoms in total. The van der Waals surface area contributed by atoms with E-state index in [-0.39, 0.29) is 30.4 Å². The van der Waals surface area contributed by atoms with Crippen LogP contribution in [0.15, 0.2) is 18.2 Å². The van der Waals surface area contributed by atoms with Gasteiger partial charge in [-0.05, 0) is 66.2 Å². The maximum atomic E-state index is 12.4. The van der Waals surface area contributed by atoms with Crippen LogP contribution in [0.5, 0.6) is 11.5 Å². The number of carbonyl (C=O) groups excluding carboxylic acids is 3. The summed E-state index contributed by atoms with van der Waals surface area (Å²) in [7, 11) is 0. The van der Waals surface area contributed by atoms with Gasteiger partial charge in [0.2, 0.25) is 0 Å². The van der Waals surface area contributed by atoms with Gasteiger partial charge in [-0.2, -0.15) is 0 Å². The fourth-order valence-corrected chi connectivity index (χ4v) is 2.18. The maximum absolute atomic E-state index is 12.4. The number of nitrogens with one attached hydrogen (secondary N) is 1. The fourth-order valence-electron chi connectivity index (χ4n) is 2.18. The molecule has 1 aromatic carbocycles. The molecule has 0 radical (unpaired) electrons. The zero-order valence-corrected chi connectivity index (χ0v) is 19.5. The molecule has 31 heavy (non-hydrogen) atoms. The Labute approximate surface area is 184 Å². The molecule has 0 bridgehead atoms. The van der Waals surface area contributed by atoms with E-state index in [9.17, 15) is 19.5 Å². The summed E-state index contributed by atoms with van der Waals surface area (Å²) in [4.78, 5) is 36.1. The van der Waals surface area contributed by atoms with Crippen LogP contribution in [-0.2, 0) is 19.1 Å². The minimum absolute atomic E-state index is 0.0561. The number of aliphatic hydroxyl groups is 1. The van der Waals surface area contributed by atoms with E-state index in [2.05, 4.69) is 5.32 Å². The summed E-state index contributed by atoms with van der Waals surface area (Å²) < 4.78 is 15.8. The van der Waals surface area contributed by atoms with Crippen molar-refractivity contribution in [3.63, 3.8) is 0 Å². The highest BCUT2D eigenvalue weighted by Crippen LogP contribution is 2.34. The van der Waals surface area contributed by atoms with Gasteiger partial charge in [-0.3, -0.25) is 14.4 Å². The molecule has 1 aromatic rings. The molecule has 0 aromatic heterocycles. The number of rotatable bonds is 9. The van der Waals surface area contributed by atoms with E-state index in [0.717, 1.165) is 0 Å². The lowest BCUT2D eigenvalue weighted by molar-refractivity contribution is -0.145. The number of ether oxygens (including phenoxy) is 3. The van der Waals surface area contributed by atoms with Crippen molar-refractivity contribution in [2.75, 3.05) is 19.7 Å². The quantitative estimate of drug-likeness (QED) is 0.344. The van der Waals surface area contributed by atoms with Crippen LogP contribution in [0.3, 0.4) is 0 Å². The molecule has 2 N–H and O–H groups in total. The van der Waals surface area contributed by atoms with Gasteiger partial charge in [-0.1, -0.05) is 6.07 Å². The average Bonchev–Trinajstić information content (AvgIpc) is 2.65. The van der Waals surface area contributed by atoms with E-state index in [1.54, 1.807) is 54.5 Å². The molecule has 0 aliphatic heterocycles. The lowest BCUT2D eigenvalue weighted by Gasteiger charge is -2.21. The molecule has 1 unspecified atom stereocenters. The number of esters is 3. The summed E-state index contributed by atoms with van der Waals surface area (Å²) in [5.74, 6) is -1.13. The van der Waals surface area contributed by atoms with Crippen molar-refractivity contribution >= 4 is 17.9 Å². The zero-order valence-electron chi connectivity index (χ0n) is 19.5. The SMILES string of the molecule is CCOC(=O)CCNCC(O)c1ccc(OC(=O)C(C)(C)C)c(OC(=O)C(C)(C)C)c1. The Kier molecular flexibility index (Phi) is 9.65. The lowest BCUT2D eigenvalue weighted by atomic mass is 9.97. The van der Waals surface area contributed by atoms with Crippen molar-refractivity contribution in [2.45, 2.75) is 61.0 Å². The van der Waals surface area contributed by atoms with Crippen LogP contribution >= 0.6 is 0 Å². The summed E-state index contributed by atoms with van der Waals surface area (Å²) in [6.45, 7) is 12.9. The highest BCUT2D eigenvalue weighted by molar-refractivity contribution is 5.81. The Morgan fingerprint density at radius 2 is 1.52 bits per heavy atom. The normalized spacial score (nSPS) is 12.8. The minimum Gasteiger partial charge on any atom is -0.466 e. The summed E-state index contributed by atoms with van der Waals surface area (Å²) >= 11 is 0. The number of hydrogen-bond acceptors (Lipinski definition) is 8. The minimum atomic E-state index is -0.929. The first-order valence-corrected chi connectivity index (χ1v) is 10.4. The monoisotopic (exact) mass is 437 g/mol. The van der Waals surface area contributed by atoms with Crippen LogP contribution in [-0.4, -0.2) is 42.7 Å². The summed E-state index contributed by atoms with van der Waals surface area (Å²) in [6.07, 6.45) is -0.738. The molecule has 1 atom stereocenters. The van der Waals surface area contributed by atoms with Gasteiger partial charge in [0.15, 0.2) is 11.5 Å². The van der Waals surface area contributed by atoms with Gasteiger partial charge in [0, 0.05) is 13.1 Å². The van der Waals surface area contributed by atoms with E-state index in [4.69, 9.17) is 14.2 Å². The van der Waals surface area contributed by atoms with Gasteiger partial charge in [0.25, 0.3) is 0 Å². The Bertz CT molecular complexity index is 775. The van der Waals surface area contributed by atoms with Crippen LogP contribution in [0, 0.1) is 10.8 Å². The Morgan fingerprint density at radius 1 is 0.968 bits per heavy atom. The molecule has 8 heteroatoms. The van der Waals surface area contributed by atoms with Crippen LogP contribution in [0.1, 0.15) is 66.6 Å². The Hall–Kier alpha value is -2.45. The Balaban J connectivity index is 2.97. The highest BCUT2D eigenvalue weighted by atomic mass is 16.6. The average molecular weight is 438 g/mol. The van der Waals surface area contributed by atoms with Gasteiger partial charge in [0.1, 0.15) is 0 Å². The van der Waals surface area contributed by atoms with Crippen LogP contribution < -0.4 is 14.8 Å². The second-order valence-corrected chi connectivity index (χ2v) is 9.26. The molecule has 174 valence electrons. The zero-order chi connectivity index (χ0) is 23.8. The molecule has 0 saturated heterocycles. The van der Waals surface area contributed by atoms with Crippen LogP contribution in [0.4, 0.5) is 0 Å². The van der Waals surface area contributed by atoms with Crippen molar-refractivity contribution in [1.82, 2.24) is 5.32 Å². The number of aliphatic hydroxyl groups excluding tert-OH is 1. The molecular formula is C23H35NO7. The van der Waals surface area contributed by atoms with Gasteiger partial charge in [-0.15, -0.1) is 0 Å². The molecule has 0 fully saturated rings. The number of hydrogen-bond donors (Lipinski definition) is 2. The molecular weight excluding hydrogens is 402 g/mol. The molecule has 0 saturated carbocycles. The van der Waals surface area contributed by atoms with Gasteiger partial charge < -0.3 is 24.6 Å². The van der Waals surface area contributed by atoms with Crippen molar-refractivity contribution in [3.8, 4) is 11.5 Å². The van der Waals surface area contributed by atoms with Crippen LogP contribution in [0.2, 0.25) is 0 Å². The summed E-state index contributed by atoms with van der Waals surface area (Å²) in [5.41, 5.74) is -1.04. The number of benzene rings is 1. The molecule has 0 aliphatic carbocycles. The first-order chi connectivity index (χ1) is 14.3. The third kappa shape index (κ3) is 9.06. The third-order valence-corrected chi connectivity index (χ3v) is 4.13. The molecule has 0 amide bonds. The van der Waals surface area contributed by atoms with Gasteiger partial charge in [0.05, 0.1) is 30.0 Å². The number of carbonyl (C=O) groups is 3.